The molecule has 0 radical (unpaired) electrons. The van der Waals surface area contributed by atoms with Crippen LogP contribution in [0.25, 0.3) is 0 Å². The molecule has 2 rings (SSSR count). The van der Waals surface area contributed by atoms with Gasteiger partial charge in [0.05, 0.1) is 0 Å². The van der Waals surface area contributed by atoms with Crippen LogP contribution in [0.2, 0.25) is 0 Å². The fourth-order valence-electron chi connectivity index (χ4n) is 1.11. The summed E-state index contributed by atoms with van der Waals surface area (Å²) < 4.78 is 1.96. The Bertz CT molecular complexity index is 453. The van der Waals surface area contributed by atoms with Crippen molar-refractivity contribution < 1.29 is 0 Å². The molecule has 2 heterocycles. The molecular weight excluding hydrogens is 210 g/mol. The molecule has 0 fully saturated rings. The summed E-state index contributed by atoms with van der Waals surface area (Å²) in [6.07, 6.45) is 5.39. The summed E-state index contributed by atoms with van der Waals surface area (Å²) in [6, 6.07) is 3.79. The van der Waals surface area contributed by atoms with Crippen molar-refractivity contribution in [2.75, 3.05) is 5.43 Å². The van der Waals surface area contributed by atoms with Gasteiger partial charge < -0.3 is 9.99 Å². The van der Waals surface area contributed by atoms with Crippen molar-refractivity contribution in [2.45, 2.75) is 10.1 Å². The highest BCUT2D eigenvalue weighted by molar-refractivity contribution is 7.99. The summed E-state index contributed by atoms with van der Waals surface area (Å²) in [4.78, 5) is 9.30. The van der Waals surface area contributed by atoms with E-state index in [9.17, 15) is 0 Å². The third-order valence-corrected chi connectivity index (χ3v) is 2.93. The van der Waals surface area contributed by atoms with E-state index in [0.29, 0.717) is 5.82 Å². The molecule has 0 unspecified atom stereocenters. The van der Waals surface area contributed by atoms with Crippen LogP contribution in [0.5, 0.6) is 0 Å². The summed E-state index contributed by atoms with van der Waals surface area (Å²) in [7, 11) is 1.96. The highest BCUT2D eigenvalue weighted by atomic mass is 32.2. The predicted molar refractivity (Wildman–Crippen MR) is 59.4 cm³/mol. The Morgan fingerprint density at radius 1 is 1.40 bits per heavy atom. The standard InChI is InChI=1S/C9H11N5S/c1-14-5-4-12-9(14)15-7-2-3-11-8(6-7)13-10/h2-6H,10H2,1H3,(H,11,13). The quantitative estimate of drug-likeness (QED) is 0.603. The molecule has 6 heteroatoms. The van der Waals surface area contributed by atoms with Crippen LogP contribution in [0.3, 0.4) is 0 Å². The van der Waals surface area contributed by atoms with Crippen molar-refractivity contribution in [3.8, 4) is 0 Å². The highest BCUT2D eigenvalue weighted by Gasteiger charge is 2.02. The molecule has 2 aromatic heterocycles. The number of nitrogens with zero attached hydrogens (tertiary/aromatic N) is 3. The van der Waals surface area contributed by atoms with Crippen LogP contribution < -0.4 is 11.3 Å². The number of aryl methyl sites for hydroxylation is 1. The minimum atomic E-state index is 0.647. The monoisotopic (exact) mass is 221 g/mol. The maximum atomic E-state index is 5.28. The number of anilines is 1. The van der Waals surface area contributed by atoms with Crippen molar-refractivity contribution in [2.24, 2.45) is 12.9 Å². The average molecular weight is 221 g/mol. The van der Waals surface area contributed by atoms with E-state index < -0.39 is 0 Å². The first-order valence-electron chi connectivity index (χ1n) is 4.37. The normalized spacial score (nSPS) is 10.3. The summed E-state index contributed by atoms with van der Waals surface area (Å²) in [5.74, 6) is 5.93. The first-order valence-corrected chi connectivity index (χ1v) is 5.19. The molecule has 0 aromatic carbocycles. The maximum absolute atomic E-state index is 5.28. The Morgan fingerprint density at radius 3 is 2.93 bits per heavy atom. The van der Waals surface area contributed by atoms with Crippen LogP contribution >= 0.6 is 11.8 Å². The molecule has 0 spiro atoms. The number of nitrogen functional groups attached to an aromatic ring is 1. The van der Waals surface area contributed by atoms with Crippen molar-refractivity contribution in [1.29, 1.82) is 0 Å². The van der Waals surface area contributed by atoms with Gasteiger partial charge >= 0.3 is 0 Å². The van der Waals surface area contributed by atoms with Crippen LogP contribution in [-0.2, 0) is 7.05 Å². The summed E-state index contributed by atoms with van der Waals surface area (Å²) in [5.41, 5.74) is 2.51. The summed E-state index contributed by atoms with van der Waals surface area (Å²) in [6.45, 7) is 0. The lowest BCUT2D eigenvalue weighted by molar-refractivity contribution is 0.790. The SMILES string of the molecule is Cn1ccnc1Sc1ccnc(NN)c1. The number of nitrogens with two attached hydrogens (primary N) is 1. The van der Waals surface area contributed by atoms with E-state index >= 15 is 0 Å². The number of hydrazine groups is 1. The molecule has 0 aliphatic carbocycles. The number of nitrogens with one attached hydrogen (secondary N) is 1. The van der Waals surface area contributed by atoms with Gasteiger partial charge in [0, 0.05) is 30.5 Å². The summed E-state index contributed by atoms with van der Waals surface area (Å²) in [5, 5.41) is 0.934. The molecule has 0 amide bonds. The number of hydrogen-bond acceptors (Lipinski definition) is 5. The Balaban J connectivity index is 2.21. The molecule has 5 nitrogen and oxygen atoms in total. The molecule has 3 N–H and O–H groups in total. The van der Waals surface area contributed by atoms with Gasteiger partial charge in [0.2, 0.25) is 0 Å². The van der Waals surface area contributed by atoms with Gasteiger partial charge in [0.25, 0.3) is 0 Å². The molecule has 0 saturated carbocycles. The van der Waals surface area contributed by atoms with Crippen LogP contribution in [0.15, 0.2) is 40.8 Å². The van der Waals surface area contributed by atoms with E-state index in [2.05, 4.69) is 15.4 Å². The smallest absolute Gasteiger partial charge is 0.172 e. The maximum Gasteiger partial charge on any atom is 0.172 e. The molecule has 0 atom stereocenters. The first-order chi connectivity index (χ1) is 7.29. The number of hydrogen-bond donors (Lipinski definition) is 2. The van der Waals surface area contributed by atoms with Gasteiger partial charge in [-0.3, -0.25) is 0 Å². The van der Waals surface area contributed by atoms with Crippen molar-refractivity contribution in [3.05, 3.63) is 30.7 Å². The molecule has 0 aliphatic heterocycles. The molecule has 0 aliphatic rings. The van der Waals surface area contributed by atoms with E-state index in [-0.39, 0.29) is 0 Å². The van der Waals surface area contributed by atoms with E-state index in [0.717, 1.165) is 10.1 Å². The molecular formula is C9H11N5S. The lowest BCUT2D eigenvalue weighted by atomic mass is 10.5. The fourth-order valence-corrected chi connectivity index (χ4v) is 1.94. The zero-order valence-corrected chi connectivity index (χ0v) is 9.03. The zero-order chi connectivity index (χ0) is 10.7. The average Bonchev–Trinajstić information content (AvgIpc) is 2.65. The molecule has 2 aromatic rings. The predicted octanol–water partition coefficient (Wildman–Crippen LogP) is 1.25. The van der Waals surface area contributed by atoms with Gasteiger partial charge in [-0.2, -0.15) is 0 Å². The van der Waals surface area contributed by atoms with Gasteiger partial charge in [-0.1, -0.05) is 11.8 Å². The van der Waals surface area contributed by atoms with Crippen LogP contribution in [0.1, 0.15) is 0 Å². The first kappa shape index (κ1) is 10.0. The highest BCUT2D eigenvalue weighted by Crippen LogP contribution is 2.26. The third-order valence-electron chi connectivity index (χ3n) is 1.87. The number of rotatable bonds is 3. The van der Waals surface area contributed by atoms with E-state index in [1.54, 1.807) is 24.2 Å². The van der Waals surface area contributed by atoms with Crippen LogP contribution in [0, 0.1) is 0 Å². The fraction of sp³-hybridized carbons (Fsp3) is 0.111. The Hall–Kier alpha value is -1.53. The van der Waals surface area contributed by atoms with Crippen molar-refractivity contribution in [3.63, 3.8) is 0 Å². The topological polar surface area (TPSA) is 68.8 Å². The second-order valence-corrected chi connectivity index (χ2v) is 3.98. The Morgan fingerprint density at radius 2 is 2.27 bits per heavy atom. The van der Waals surface area contributed by atoms with Crippen molar-refractivity contribution in [1.82, 2.24) is 14.5 Å². The second-order valence-electron chi connectivity index (χ2n) is 2.94. The second kappa shape index (κ2) is 4.33. The lowest BCUT2D eigenvalue weighted by Gasteiger charge is -2.03. The third kappa shape index (κ3) is 2.28. The lowest BCUT2D eigenvalue weighted by Crippen LogP contribution is -2.08. The molecule has 78 valence electrons. The molecule has 0 bridgehead atoms. The number of aromatic nitrogens is 3. The number of imidazole rings is 1. The minimum Gasteiger partial charge on any atom is -0.329 e. The van der Waals surface area contributed by atoms with Crippen LogP contribution in [0.4, 0.5) is 5.82 Å². The Labute approximate surface area is 91.7 Å². The Kier molecular flexibility index (Phi) is 2.89. The summed E-state index contributed by atoms with van der Waals surface area (Å²) >= 11 is 1.57. The minimum absolute atomic E-state index is 0.647. The zero-order valence-electron chi connectivity index (χ0n) is 8.21. The van der Waals surface area contributed by atoms with Gasteiger partial charge in [-0.25, -0.2) is 15.8 Å². The molecule has 0 saturated heterocycles. The van der Waals surface area contributed by atoms with E-state index in [1.807, 2.05) is 29.9 Å². The van der Waals surface area contributed by atoms with Crippen LogP contribution in [-0.4, -0.2) is 14.5 Å². The largest absolute Gasteiger partial charge is 0.329 e. The van der Waals surface area contributed by atoms with Gasteiger partial charge in [0.1, 0.15) is 5.82 Å². The van der Waals surface area contributed by atoms with Gasteiger partial charge in [-0.15, -0.1) is 0 Å². The molecule has 15 heavy (non-hydrogen) atoms. The van der Waals surface area contributed by atoms with Crippen molar-refractivity contribution >= 4 is 17.6 Å². The van der Waals surface area contributed by atoms with E-state index in [4.69, 9.17) is 5.84 Å². The van der Waals surface area contributed by atoms with E-state index in [1.165, 1.54) is 0 Å². The van der Waals surface area contributed by atoms with Gasteiger partial charge in [0.15, 0.2) is 5.16 Å². The number of pyridine rings is 1. The van der Waals surface area contributed by atoms with Gasteiger partial charge in [-0.05, 0) is 12.1 Å².